The number of aryl methyl sites for hydroxylation is 1. The van der Waals surface area contributed by atoms with Crippen LogP contribution in [-0.2, 0) is 4.74 Å². The second-order valence-corrected chi connectivity index (χ2v) is 6.62. The molecule has 6 nitrogen and oxygen atoms in total. The summed E-state index contributed by atoms with van der Waals surface area (Å²) in [7, 11) is 1.53. The van der Waals surface area contributed by atoms with Gasteiger partial charge in [0.2, 0.25) is 0 Å². The number of hydrogen-bond acceptors (Lipinski definition) is 5. The SMILES string of the molecule is COc1ccc(C)cc1C(=O)NCC(O)c1ccc(N2CCOCC2)cc1. The molecule has 1 heterocycles. The Bertz CT molecular complexity index is 770. The topological polar surface area (TPSA) is 71.0 Å². The standard InChI is InChI=1S/C21H26N2O4/c1-15-3-8-20(26-2)18(13-15)21(25)22-14-19(24)16-4-6-17(7-5-16)23-9-11-27-12-10-23/h3-8,13,19,24H,9-12,14H2,1-2H3,(H,22,25). The van der Waals surface area contributed by atoms with E-state index in [1.807, 2.05) is 37.3 Å². The van der Waals surface area contributed by atoms with Gasteiger partial charge < -0.3 is 24.8 Å². The molecule has 1 aliphatic heterocycles. The highest BCUT2D eigenvalue weighted by Gasteiger charge is 2.16. The van der Waals surface area contributed by atoms with Crippen molar-refractivity contribution in [2.75, 3.05) is 44.9 Å². The fraction of sp³-hybridized carbons (Fsp3) is 0.381. The summed E-state index contributed by atoms with van der Waals surface area (Å²) in [5.41, 5.74) is 3.32. The van der Waals surface area contributed by atoms with Crippen LogP contribution in [-0.4, -0.2) is 51.0 Å². The number of benzene rings is 2. The Hall–Kier alpha value is -2.57. The maximum absolute atomic E-state index is 12.5. The molecule has 0 radical (unpaired) electrons. The van der Waals surface area contributed by atoms with Gasteiger partial charge in [0.05, 0.1) is 32.0 Å². The first kappa shape index (κ1) is 19.2. The van der Waals surface area contributed by atoms with Crippen LogP contribution in [0.1, 0.15) is 27.6 Å². The maximum atomic E-state index is 12.5. The Kier molecular flexibility index (Phi) is 6.32. The number of hydrogen-bond donors (Lipinski definition) is 2. The van der Waals surface area contributed by atoms with Gasteiger partial charge in [0, 0.05) is 25.3 Å². The molecular formula is C21H26N2O4. The number of carbonyl (C=O) groups excluding carboxylic acids is 1. The monoisotopic (exact) mass is 370 g/mol. The summed E-state index contributed by atoms with van der Waals surface area (Å²) >= 11 is 0. The largest absolute Gasteiger partial charge is 0.496 e. The average Bonchev–Trinajstić information content (AvgIpc) is 2.72. The molecule has 2 aromatic carbocycles. The second-order valence-electron chi connectivity index (χ2n) is 6.62. The first-order valence-electron chi connectivity index (χ1n) is 9.12. The van der Waals surface area contributed by atoms with Crippen molar-refractivity contribution >= 4 is 11.6 Å². The van der Waals surface area contributed by atoms with Gasteiger partial charge in [0.1, 0.15) is 5.75 Å². The zero-order chi connectivity index (χ0) is 19.2. The van der Waals surface area contributed by atoms with Crippen molar-refractivity contribution < 1.29 is 19.4 Å². The summed E-state index contributed by atoms with van der Waals surface area (Å²) in [4.78, 5) is 14.7. The molecule has 1 atom stereocenters. The zero-order valence-corrected chi connectivity index (χ0v) is 15.8. The Balaban J connectivity index is 1.59. The third-order valence-electron chi connectivity index (χ3n) is 4.71. The minimum absolute atomic E-state index is 0.132. The van der Waals surface area contributed by atoms with Crippen LogP contribution in [0, 0.1) is 6.92 Å². The zero-order valence-electron chi connectivity index (χ0n) is 15.8. The highest BCUT2D eigenvalue weighted by atomic mass is 16.5. The summed E-state index contributed by atoms with van der Waals surface area (Å²) in [6.45, 7) is 5.26. The van der Waals surface area contributed by atoms with Crippen molar-refractivity contribution in [2.45, 2.75) is 13.0 Å². The Morgan fingerprint density at radius 2 is 1.93 bits per heavy atom. The van der Waals surface area contributed by atoms with E-state index in [2.05, 4.69) is 10.2 Å². The van der Waals surface area contributed by atoms with Crippen molar-refractivity contribution in [3.8, 4) is 5.75 Å². The van der Waals surface area contributed by atoms with Gasteiger partial charge in [-0.3, -0.25) is 4.79 Å². The third kappa shape index (κ3) is 4.78. The summed E-state index contributed by atoms with van der Waals surface area (Å²) in [6, 6.07) is 13.2. The van der Waals surface area contributed by atoms with Crippen LogP contribution in [0.4, 0.5) is 5.69 Å². The number of aliphatic hydroxyl groups excluding tert-OH is 1. The van der Waals surface area contributed by atoms with Crippen molar-refractivity contribution in [3.05, 3.63) is 59.2 Å². The molecule has 1 aliphatic rings. The number of nitrogens with one attached hydrogen (secondary N) is 1. The van der Waals surface area contributed by atoms with Crippen molar-refractivity contribution in [3.63, 3.8) is 0 Å². The Morgan fingerprint density at radius 1 is 1.22 bits per heavy atom. The number of ether oxygens (including phenoxy) is 2. The van der Waals surface area contributed by atoms with Gasteiger partial charge >= 0.3 is 0 Å². The number of methoxy groups -OCH3 is 1. The van der Waals surface area contributed by atoms with Crippen molar-refractivity contribution in [1.82, 2.24) is 5.32 Å². The molecule has 3 rings (SSSR count). The van der Waals surface area contributed by atoms with E-state index in [4.69, 9.17) is 9.47 Å². The second kappa shape index (κ2) is 8.88. The quantitative estimate of drug-likeness (QED) is 0.817. The fourth-order valence-corrected chi connectivity index (χ4v) is 3.13. The number of amides is 1. The minimum atomic E-state index is -0.775. The summed E-state index contributed by atoms with van der Waals surface area (Å²) < 4.78 is 10.6. The van der Waals surface area contributed by atoms with Crippen molar-refractivity contribution in [1.29, 1.82) is 0 Å². The number of anilines is 1. The minimum Gasteiger partial charge on any atom is -0.496 e. The van der Waals surface area contributed by atoms with E-state index in [1.54, 1.807) is 12.1 Å². The van der Waals surface area contributed by atoms with Crippen LogP contribution in [0.25, 0.3) is 0 Å². The molecule has 0 spiro atoms. The van der Waals surface area contributed by atoms with E-state index in [0.29, 0.717) is 11.3 Å². The Labute approximate surface area is 159 Å². The van der Waals surface area contributed by atoms with E-state index in [-0.39, 0.29) is 12.5 Å². The first-order valence-corrected chi connectivity index (χ1v) is 9.12. The normalized spacial score (nSPS) is 15.3. The molecule has 0 aromatic heterocycles. The van der Waals surface area contributed by atoms with Crippen LogP contribution >= 0.6 is 0 Å². The van der Waals surface area contributed by atoms with Crippen LogP contribution < -0.4 is 15.0 Å². The van der Waals surface area contributed by atoms with Crippen LogP contribution in [0.5, 0.6) is 5.75 Å². The molecule has 144 valence electrons. The lowest BCUT2D eigenvalue weighted by molar-refractivity contribution is 0.0913. The Morgan fingerprint density at radius 3 is 2.59 bits per heavy atom. The number of aliphatic hydroxyl groups is 1. The number of rotatable bonds is 6. The molecule has 1 fully saturated rings. The fourth-order valence-electron chi connectivity index (χ4n) is 3.13. The molecule has 6 heteroatoms. The van der Waals surface area contributed by atoms with E-state index in [0.717, 1.165) is 43.1 Å². The molecule has 2 aromatic rings. The number of morpholine rings is 1. The van der Waals surface area contributed by atoms with Crippen molar-refractivity contribution in [2.24, 2.45) is 0 Å². The molecular weight excluding hydrogens is 344 g/mol. The molecule has 1 unspecified atom stereocenters. The van der Waals surface area contributed by atoms with Crippen LogP contribution in [0.2, 0.25) is 0 Å². The number of nitrogens with zero attached hydrogens (tertiary/aromatic N) is 1. The van der Waals surface area contributed by atoms with Gasteiger partial charge in [-0.25, -0.2) is 0 Å². The first-order chi connectivity index (χ1) is 13.1. The lowest BCUT2D eigenvalue weighted by atomic mass is 10.1. The van der Waals surface area contributed by atoms with E-state index in [9.17, 15) is 9.90 Å². The number of carbonyl (C=O) groups is 1. The van der Waals surface area contributed by atoms with Gasteiger partial charge in [-0.05, 0) is 36.8 Å². The van der Waals surface area contributed by atoms with Gasteiger partial charge in [-0.15, -0.1) is 0 Å². The highest BCUT2D eigenvalue weighted by Crippen LogP contribution is 2.21. The third-order valence-corrected chi connectivity index (χ3v) is 4.71. The van der Waals surface area contributed by atoms with Crippen LogP contribution in [0.3, 0.4) is 0 Å². The lowest BCUT2D eigenvalue weighted by Gasteiger charge is -2.29. The predicted molar refractivity (Wildman–Crippen MR) is 104 cm³/mol. The predicted octanol–water partition coefficient (Wildman–Crippen LogP) is 2.30. The molecule has 1 saturated heterocycles. The van der Waals surface area contributed by atoms with E-state index >= 15 is 0 Å². The highest BCUT2D eigenvalue weighted by molar-refractivity contribution is 5.97. The average molecular weight is 370 g/mol. The van der Waals surface area contributed by atoms with Gasteiger partial charge in [0.15, 0.2) is 0 Å². The molecule has 0 saturated carbocycles. The van der Waals surface area contributed by atoms with E-state index in [1.165, 1.54) is 7.11 Å². The molecule has 27 heavy (non-hydrogen) atoms. The van der Waals surface area contributed by atoms with Gasteiger partial charge in [-0.1, -0.05) is 23.8 Å². The molecule has 0 bridgehead atoms. The summed E-state index contributed by atoms with van der Waals surface area (Å²) in [5, 5.41) is 13.2. The lowest BCUT2D eigenvalue weighted by Crippen LogP contribution is -2.36. The molecule has 2 N–H and O–H groups in total. The van der Waals surface area contributed by atoms with E-state index < -0.39 is 6.10 Å². The maximum Gasteiger partial charge on any atom is 0.255 e. The van der Waals surface area contributed by atoms with Gasteiger partial charge in [-0.2, -0.15) is 0 Å². The summed E-state index contributed by atoms with van der Waals surface area (Å²) in [5.74, 6) is 0.252. The summed E-state index contributed by atoms with van der Waals surface area (Å²) in [6.07, 6.45) is -0.775. The molecule has 0 aliphatic carbocycles. The molecule has 1 amide bonds. The van der Waals surface area contributed by atoms with Crippen LogP contribution in [0.15, 0.2) is 42.5 Å². The van der Waals surface area contributed by atoms with Gasteiger partial charge in [0.25, 0.3) is 5.91 Å². The smallest absolute Gasteiger partial charge is 0.255 e.